The Balaban J connectivity index is 1.71. The minimum Gasteiger partial charge on any atom is -0.488 e. The molecule has 0 radical (unpaired) electrons. The maximum Gasteiger partial charge on any atom is 0.231 e. The monoisotopic (exact) mass is 315 g/mol. The van der Waals surface area contributed by atoms with Gasteiger partial charge >= 0.3 is 0 Å². The van der Waals surface area contributed by atoms with Crippen molar-refractivity contribution in [2.45, 2.75) is 13.2 Å². The summed E-state index contributed by atoms with van der Waals surface area (Å²) in [6, 6.07) is 14.0. The minimum absolute atomic E-state index is 0.258. The first-order chi connectivity index (χ1) is 11.4. The minimum atomic E-state index is 0.258. The molecule has 0 saturated heterocycles. The summed E-state index contributed by atoms with van der Waals surface area (Å²) in [4.78, 5) is 0. The van der Waals surface area contributed by atoms with Crippen LogP contribution in [0.3, 0.4) is 0 Å². The molecule has 1 aliphatic heterocycles. The smallest absolute Gasteiger partial charge is 0.231 e. The average Bonchev–Trinajstić information content (AvgIpc) is 3.04. The van der Waals surface area contributed by atoms with E-state index in [1.54, 1.807) is 7.11 Å². The highest BCUT2D eigenvalue weighted by Crippen LogP contribution is 2.38. The van der Waals surface area contributed by atoms with Crippen molar-refractivity contribution in [1.29, 1.82) is 0 Å². The maximum absolute atomic E-state index is 6.00. The van der Waals surface area contributed by atoms with Gasteiger partial charge in [0.05, 0.1) is 6.61 Å². The molecule has 0 amide bonds. The number of hydrogen-bond acceptors (Lipinski definition) is 5. The predicted octanol–water partition coefficient (Wildman–Crippen LogP) is 2.73. The molecule has 5 heteroatoms. The lowest BCUT2D eigenvalue weighted by Gasteiger charge is -2.13. The Morgan fingerprint density at radius 3 is 2.65 bits per heavy atom. The first kappa shape index (κ1) is 15.6. The summed E-state index contributed by atoms with van der Waals surface area (Å²) in [5.41, 5.74) is 2.17. The van der Waals surface area contributed by atoms with Gasteiger partial charge in [0.15, 0.2) is 11.5 Å². The summed E-state index contributed by atoms with van der Waals surface area (Å²) in [6.45, 7) is 2.91. The van der Waals surface area contributed by atoms with Gasteiger partial charge in [0.1, 0.15) is 12.4 Å². The van der Waals surface area contributed by atoms with E-state index in [1.165, 1.54) is 0 Å². The van der Waals surface area contributed by atoms with Crippen LogP contribution in [-0.2, 0) is 17.9 Å². The van der Waals surface area contributed by atoms with Crippen molar-refractivity contribution >= 4 is 0 Å². The Labute approximate surface area is 136 Å². The van der Waals surface area contributed by atoms with Crippen LogP contribution >= 0.6 is 0 Å². The second-order valence-electron chi connectivity index (χ2n) is 5.26. The highest BCUT2D eigenvalue weighted by atomic mass is 16.7. The van der Waals surface area contributed by atoms with Gasteiger partial charge < -0.3 is 24.3 Å². The molecule has 0 aromatic heterocycles. The van der Waals surface area contributed by atoms with E-state index in [4.69, 9.17) is 18.9 Å². The van der Waals surface area contributed by atoms with Crippen LogP contribution in [0.15, 0.2) is 42.5 Å². The SMILES string of the molecule is COCCNCc1cc2c(cc1OCc1ccccc1)OCO2. The van der Waals surface area contributed by atoms with E-state index in [0.717, 1.165) is 34.9 Å². The second kappa shape index (κ2) is 7.85. The zero-order valence-electron chi connectivity index (χ0n) is 13.2. The molecule has 0 aliphatic carbocycles. The van der Waals surface area contributed by atoms with Crippen molar-refractivity contribution in [2.75, 3.05) is 27.1 Å². The summed E-state index contributed by atoms with van der Waals surface area (Å²) >= 11 is 0. The van der Waals surface area contributed by atoms with Gasteiger partial charge in [0.25, 0.3) is 0 Å². The van der Waals surface area contributed by atoms with Gasteiger partial charge in [-0.1, -0.05) is 30.3 Å². The molecule has 1 N–H and O–H groups in total. The topological polar surface area (TPSA) is 49.0 Å². The zero-order valence-corrected chi connectivity index (χ0v) is 13.2. The number of rotatable bonds is 8. The van der Waals surface area contributed by atoms with E-state index >= 15 is 0 Å². The van der Waals surface area contributed by atoms with Crippen LogP contribution in [0.2, 0.25) is 0 Å². The fourth-order valence-electron chi connectivity index (χ4n) is 2.37. The van der Waals surface area contributed by atoms with E-state index in [0.29, 0.717) is 19.8 Å². The van der Waals surface area contributed by atoms with Crippen molar-refractivity contribution in [2.24, 2.45) is 0 Å². The van der Waals surface area contributed by atoms with Crippen LogP contribution in [-0.4, -0.2) is 27.1 Å². The van der Waals surface area contributed by atoms with E-state index in [9.17, 15) is 0 Å². The number of nitrogens with one attached hydrogen (secondary N) is 1. The standard InChI is InChI=1S/C18H21NO4/c1-20-8-7-19-11-15-9-17-18(23-13-22-17)10-16(15)21-12-14-5-3-2-4-6-14/h2-6,9-10,19H,7-8,11-13H2,1H3. The molecule has 0 atom stereocenters. The number of fused-ring (bicyclic) bond motifs is 1. The van der Waals surface area contributed by atoms with E-state index in [1.807, 2.05) is 42.5 Å². The number of benzene rings is 2. The second-order valence-corrected chi connectivity index (χ2v) is 5.26. The molecule has 23 heavy (non-hydrogen) atoms. The van der Waals surface area contributed by atoms with Gasteiger partial charge in [-0.15, -0.1) is 0 Å². The Kier molecular flexibility index (Phi) is 5.34. The molecule has 0 saturated carbocycles. The molecule has 122 valence electrons. The molecule has 2 aromatic carbocycles. The molecule has 0 bridgehead atoms. The lowest BCUT2D eigenvalue weighted by Crippen LogP contribution is -2.19. The van der Waals surface area contributed by atoms with E-state index in [-0.39, 0.29) is 6.79 Å². The molecule has 0 unspecified atom stereocenters. The van der Waals surface area contributed by atoms with Crippen molar-refractivity contribution in [3.8, 4) is 17.2 Å². The number of ether oxygens (including phenoxy) is 4. The first-order valence-electron chi connectivity index (χ1n) is 7.65. The molecule has 5 nitrogen and oxygen atoms in total. The van der Waals surface area contributed by atoms with Crippen LogP contribution in [0, 0.1) is 0 Å². The summed E-state index contributed by atoms with van der Waals surface area (Å²) in [6.07, 6.45) is 0. The summed E-state index contributed by atoms with van der Waals surface area (Å²) in [5.74, 6) is 2.30. The fourth-order valence-corrected chi connectivity index (χ4v) is 2.37. The Morgan fingerprint density at radius 2 is 1.87 bits per heavy atom. The quantitative estimate of drug-likeness (QED) is 0.759. The van der Waals surface area contributed by atoms with Gasteiger partial charge in [-0.2, -0.15) is 0 Å². The van der Waals surface area contributed by atoms with Crippen LogP contribution in [0.1, 0.15) is 11.1 Å². The van der Waals surface area contributed by atoms with E-state index < -0.39 is 0 Å². The third-order valence-corrected chi connectivity index (χ3v) is 3.59. The molecular weight excluding hydrogens is 294 g/mol. The lowest BCUT2D eigenvalue weighted by molar-refractivity contribution is 0.173. The maximum atomic E-state index is 6.00. The van der Waals surface area contributed by atoms with Gasteiger partial charge in [0, 0.05) is 31.8 Å². The summed E-state index contributed by atoms with van der Waals surface area (Å²) in [7, 11) is 1.69. The van der Waals surface area contributed by atoms with Gasteiger partial charge in [0.2, 0.25) is 6.79 Å². The van der Waals surface area contributed by atoms with Crippen molar-refractivity contribution in [3.05, 3.63) is 53.6 Å². The molecule has 1 heterocycles. The van der Waals surface area contributed by atoms with Crippen molar-refractivity contribution in [3.63, 3.8) is 0 Å². The number of methoxy groups -OCH3 is 1. The Morgan fingerprint density at radius 1 is 1.09 bits per heavy atom. The highest BCUT2D eigenvalue weighted by Gasteiger charge is 2.18. The zero-order chi connectivity index (χ0) is 15.9. The van der Waals surface area contributed by atoms with Crippen LogP contribution < -0.4 is 19.5 Å². The Hall–Kier alpha value is -2.24. The number of hydrogen-bond donors (Lipinski definition) is 1. The molecule has 0 spiro atoms. The van der Waals surface area contributed by atoms with Gasteiger partial charge in [-0.3, -0.25) is 0 Å². The highest BCUT2D eigenvalue weighted by molar-refractivity contribution is 5.51. The summed E-state index contributed by atoms with van der Waals surface area (Å²) < 4.78 is 22.0. The largest absolute Gasteiger partial charge is 0.488 e. The third kappa shape index (κ3) is 4.15. The Bertz CT molecular complexity index is 630. The summed E-state index contributed by atoms with van der Waals surface area (Å²) in [5, 5.41) is 3.33. The third-order valence-electron chi connectivity index (χ3n) is 3.59. The first-order valence-corrected chi connectivity index (χ1v) is 7.65. The normalized spacial score (nSPS) is 12.4. The molecule has 2 aromatic rings. The van der Waals surface area contributed by atoms with Crippen LogP contribution in [0.5, 0.6) is 17.2 Å². The molecule has 3 rings (SSSR count). The molecule has 0 fully saturated rings. The fraction of sp³-hybridized carbons (Fsp3) is 0.333. The van der Waals surface area contributed by atoms with Gasteiger partial charge in [-0.05, 0) is 11.6 Å². The average molecular weight is 315 g/mol. The van der Waals surface area contributed by atoms with Crippen molar-refractivity contribution in [1.82, 2.24) is 5.32 Å². The molecular formula is C18H21NO4. The van der Waals surface area contributed by atoms with Crippen LogP contribution in [0.4, 0.5) is 0 Å². The van der Waals surface area contributed by atoms with Crippen LogP contribution in [0.25, 0.3) is 0 Å². The van der Waals surface area contributed by atoms with Gasteiger partial charge in [-0.25, -0.2) is 0 Å². The predicted molar refractivity (Wildman–Crippen MR) is 86.9 cm³/mol. The van der Waals surface area contributed by atoms with E-state index in [2.05, 4.69) is 5.32 Å². The van der Waals surface area contributed by atoms with Crippen molar-refractivity contribution < 1.29 is 18.9 Å². The molecule has 1 aliphatic rings. The lowest BCUT2D eigenvalue weighted by atomic mass is 10.1.